The molecule has 1 amide bonds. The standard InChI is InChI=1S/C23H25FN6O2/c24-19-6-2-1-5-18(19)22(31)27-16-7-9-17(10-8-16)28-23-26-15-20(32-14-11-25)21(29-23)30-12-3-4-13-30/h1-2,5-10,15H,3-4,11-14,25H2,(H,27,31)(H,26,28,29). The van der Waals surface area contributed by atoms with Crippen LogP contribution in [-0.2, 0) is 0 Å². The first kappa shape index (κ1) is 21.5. The van der Waals surface area contributed by atoms with Crippen molar-refractivity contribution in [1.82, 2.24) is 9.97 Å². The third-order valence-corrected chi connectivity index (χ3v) is 5.03. The van der Waals surface area contributed by atoms with Crippen LogP contribution in [0.15, 0.2) is 54.7 Å². The summed E-state index contributed by atoms with van der Waals surface area (Å²) in [4.78, 5) is 23.5. The van der Waals surface area contributed by atoms with E-state index in [1.807, 2.05) is 0 Å². The van der Waals surface area contributed by atoms with Gasteiger partial charge >= 0.3 is 0 Å². The lowest BCUT2D eigenvalue weighted by molar-refractivity contribution is 0.102. The van der Waals surface area contributed by atoms with Gasteiger partial charge in [0.2, 0.25) is 5.95 Å². The van der Waals surface area contributed by atoms with Gasteiger partial charge in [0, 0.05) is 31.0 Å². The van der Waals surface area contributed by atoms with Crippen molar-refractivity contribution in [2.24, 2.45) is 5.73 Å². The molecule has 0 unspecified atom stereocenters. The van der Waals surface area contributed by atoms with Crippen molar-refractivity contribution < 1.29 is 13.9 Å². The molecule has 8 nitrogen and oxygen atoms in total. The Morgan fingerprint density at radius 3 is 2.53 bits per heavy atom. The van der Waals surface area contributed by atoms with Gasteiger partial charge in [0.15, 0.2) is 11.6 Å². The highest BCUT2D eigenvalue weighted by molar-refractivity contribution is 6.04. The first-order valence-electron chi connectivity index (χ1n) is 10.5. The van der Waals surface area contributed by atoms with Crippen molar-refractivity contribution in [3.63, 3.8) is 0 Å². The van der Waals surface area contributed by atoms with Crippen LogP contribution in [0.5, 0.6) is 5.75 Å². The second-order valence-corrected chi connectivity index (χ2v) is 7.35. The summed E-state index contributed by atoms with van der Waals surface area (Å²) in [5, 5.41) is 5.86. The number of nitrogens with two attached hydrogens (primary N) is 1. The molecule has 0 saturated carbocycles. The first-order valence-corrected chi connectivity index (χ1v) is 10.5. The summed E-state index contributed by atoms with van der Waals surface area (Å²) >= 11 is 0. The van der Waals surface area contributed by atoms with E-state index in [4.69, 9.17) is 10.5 Å². The summed E-state index contributed by atoms with van der Waals surface area (Å²) in [6.07, 6.45) is 3.88. The Labute approximate surface area is 185 Å². The zero-order valence-corrected chi connectivity index (χ0v) is 17.6. The number of rotatable bonds is 8. The molecule has 4 rings (SSSR count). The SMILES string of the molecule is NCCOc1cnc(Nc2ccc(NC(=O)c3ccccc3F)cc2)nc1N1CCCC1. The number of carbonyl (C=O) groups is 1. The fourth-order valence-electron chi connectivity index (χ4n) is 3.46. The molecule has 1 fully saturated rings. The molecular formula is C23H25FN6O2. The maximum atomic E-state index is 13.8. The molecule has 1 aromatic heterocycles. The molecule has 9 heteroatoms. The van der Waals surface area contributed by atoms with Crippen molar-refractivity contribution in [1.29, 1.82) is 0 Å². The molecule has 0 bridgehead atoms. The molecule has 4 N–H and O–H groups in total. The van der Waals surface area contributed by atoms with Gasteiger partial charge in [0.25, 0.3) is 5.91 Å². The van der Waals surface area contributed by atoms with Crippen molar-refractivity contribution >= 4 is 29.0 Å². The molecule has 0 atom stereocenters. The topological polar surface area (TPSA) is 105 Å². The summed E-state index contributed by atoms with van der Waals surface area (Å²) in [5.41, 5.74) is 6.85. The van der Waals surface area contributed by atoms with E-state index < -0.39 is 11.7 Å². The van der Waals surface area contributed by atoms with E-state index in [2.05, 4.69) is 25.5 Å². The smallest absolute Gasteiger partial charge is 0.258 e. The number of ether oxygens (including phenoxy) is 1. The Kier molecular flexibility index (Phi) is 6.76. The van der Waals surface area contributed by atoms with Gasteiger partial charge < -0.3 is 26.0 Å². The quantitative estimate of drug-likeness (QED) is 0.496. The number of carbonyl (C=O) groups excluding carboxylic acids is 1. The molecular weight excluding hydrogens is 411 g/mol. The Balaban J connectivity index is 1.45. The van der Waals surface area contributed by atoms with Crippen LogP contribution in [0, 0.1) is 5.82 Å². The Morgan fingerprint density at radius 2 is 1.81 bits per heavy atom. The minimum Gasteiger partial charge on any atom is -0.487 e. The predicted molar refractivity (Wildman–Crippen MR) is 122 cm³/mol. The number of benzene rings is 2. The molecule has 0 radical (unpaired) electrons. The lowest BCUT2D eigenvalue weighted by Gasteiger charge is -2.20. The maximum Gasteiger partial charge on any atom is 0.258 e. The number of hydrogen-bond acceptors (Lipinski definition) is 7. The molecule has 1 aliphatic rings. The van der Waals surface area contributed by atoms with Crippen molar-refractivity contribution in [3.8, 4) is 5.75 Å². The normalized spacial score (nSPS) is 13.1. The zero-order chi connectivity index (χ0) is 22.3. The van der Waals surface area contributed by atoms with E-state index in [0.717, 1.165) is 37.4 Å². The molecule has 0 spiro atoms. The molecule has 3 aromatic rings. The average molecular weight is 436 g/mol. The second-order valence-electron chi connectivity index (χ2n) is 7.35. The number of halogens is 1. The summed E-state index contributed by atoms with van der Waals surface area (Å²) in [7, 11) is 0. The van der Waals surface area contributed by atoms with Crippen LogP contribution in [0.4, 0.5) is 27.5 Å². The number of hydrogen-bond donors (Lipinski definition) is 3. The van der Waals surface area contributed by atoms with Gasteiger partial charge in [-0.25, -0.2) is 9.37 Å². The highest BCUT2D eigenvalue weighted by Gasteiger charge is 2.19. The van der Waals surface area contributed by atoms with Gasteiger partial charge in [0.1, 0.15) is 12.4 Å². The van der Waals surface area contributed by atoms with Crippen LogP contribution in [0.3, 0.4) is 0 Å². The van der Waals surface area contributed by atoms with Crippen molar-refractivity contribution in [2.45, 2.75) is 12.8 Å². The largest absolute Gasteiger partial charge is 0.487 e. The predicted octanol–water partition coefficient (Wildman–Crippen LogP) is 3.55. The highest BCUT2D eigenvalue weighted by Crippen LogP contribution is 2.30. The summed E-state index contributed by atoms with van der Waals surface area (Å²) < 4.78 is 19.5. The van der Waals surface area contributed by atoms with E-state index in [-0.39, 0.29) is 5.56 Å². The highest BCUT2D eigenvalue weighted by atomic mass is 19.1. The average Bonchev–Trinajstić information content (AvgIpc) is 3.34. The number of nitrogens with zero attached hydrogens (tertiary/aromatic N) is 3. The molecule has 0 aliphatic carbocycles. The van der Waals surface area contributed by atoms with Gasteiger partial charge in [-0.1, -0.05) is 12.1 Å². The van der Waals surface area contributed by atoms with Crippen LogP contribution < -0.4 is 26.0 Å². The monoisotopic (exact) mass is 436 g/mol. The van der Waals surface area contributed by atoms with E-state index >= 15 is 0 Å². The minimum atomic E-state index is -0.562. The number of nitrogens with one attached hydrogen (secondary N) is 2. The van der Waals surface area contributed by atoms with Crippen LogP contribution in [0.1, 0.15) is 23.2 Å². The zero-order valence-electron chi connectivity index (χ0n) is 17.6. The lowest BCUT2D eigenvalue weighted by Crippen LogP contribution is -2.21. The first-order chi connectivity index (χ1) is 15.6. The van der Waals surface area contributed by atoms with Gasteiger partial charge in [-0.05, 0) is 49.2 Å². The van der Waals surface area contributed by atoms with E-state index in [9.17, 15) is 9.18 Å². The Morgan fingerprint density at radius 1 is 1.09 bits per heavy atom. The van der Waals surface area contributed by atoms with Gasteiger partial charge in [-0.15, -0.1) is 0 Å². The molecule has 1 aliphatic heterocycles. The Bertz CT molecular complexity index is 1070. The van der Waals surface area contributed by atoms with Crippen molar-refractivity contribution in [2.75, 3.05) is 41.8 Å². The van der Waals surface area contributed by atoms with Crippen LogP contribution in [-0.4, -0.2) is 42.1 Å². The molecule has 1 saturated heterocycles. The van der Waals surface area contributed by atoms with Crippen molar-refractivity contribution in [3.05, 3.63) is 66.1 Å². The Hall–Kier alpha value is -3.72. The second kappa shape index (κ2) is 10.1. The fourth-order valence-corrected chi connectivity index (χ4v) is 3.46. The van der Waals surface area contributed by atoms with E-state index in [1.54, 1.807) is 42.6 Å². The number of anilines is 4. The molecule has 2 heterocycles. The molecule has 2 aromatic carbocycles. The lowest BCUT2D eigenvalue weighted by atomic mass is 10.2. The molecule has 32 heavy (non-hydrogen) atoms. The van der Waals surface area contributed by atoms with Gasteiger partial charge in [-0.3, -0.25) is 4.79 Å². The van der Waals surface area contributed by atoms with E-state index in [0.29, 0.717) is 30.5 Å². The van der Waals surface area contributed by atoms with Crippen LogP contribution in [0.2, 0.25) is 0 Å². The van der Waals surface area contributed by atoms with Crippen LogP contribution >= 0.6 is 0 Å². The minimum absolute atomic E-state index is 0.00510. The fraction of sp³-hybridized carbons (Fsp3) is 0.261. The van der Waals surface area contributed by atoms with E-state index in [1.165, 1.54) is 12.1 Å². The number of amides is 1. The summed E-state index contributed by atoms with van der Waals surface area (Å²) in [6, 6.07) is 12.9. The summed E-state index contributed by atoms with van der Waals surface area (Å²) in [5.74, 6) is 0.745. The third-order valence-electron chi connectivity index (χ3n) is 5.03. The van der Waals surface area contributed by atoms with Gasteiger partial charge in [0.05, 0.1) is 11.8 Å². The third kappa shape index (κ3) is 5.12. The summed E-state index contributed by atoms with van der Waals surface area (Å²) in [6.45, 7) is 2.66. The van der Waals surface area contributed by atoms with Crippen LogP contribution in [0.25, 0.3) is 0 Å². The maximum absolute atomic E-state index is 13.8. The van der Waals surface area contributed by atoms with Gasteiger partial charge in [-0.2, -0.15) is 4.98 Å². The number of aromatic nitrogens is 2. The molecule has 166 valence electrons.